The molecule has 10 heteroatoms. The molecule has 0 spiro atoms. The molecule has 0 aromatic carbocycles. The van der Waals surface area contributed by atoms with E-state index in [-0.39, 0.29) is 27.6 Å². The van der Waals surface area contributed by atoms with Gasteiger partial charge in [-0.2, -0.15) is 18.3 Å². The van der Waals surface area contributed by atoms with Crippen LogP contribution in [-0.4, -0.2) is 39.8 Å². The van der Waals surface area contributed by atoms with Crippen LogP contribution in [0, 0.1) is 6.92 Å². The molecule has 6 nitrogen and oxygen atoms in total. The normalized spacial score (nSPS) is 12.2. The highest BCUT2D eigenvalue weighted by Crippen LogP contribution is 2.32. The van der Waals surface area contributed by atoms with Gasteiger partial charge in [-0.3, -0.25) is 4.79 Å². The van der Waals surface area contributed by atoms with Crippen LogP contribution in [0.4, 0.5) is 13.2 Å². The van der Waals surface area contributed by atoms with Gasteiger partial charge < -0.3 is 10.1 Å². The van der Waals surface area contributed by atoms with Crippen molar-refractivity contribution in [2.45, 2.75) is 39.5 Å². The SMILES string of the molecule is Cc1cc(C(F)(F)F)n2nc(C(=O)NCCCOC(C)C)c(Br)c2n1. The fourth-order valence-electron chi connectivity index (χ4n) is 2.14. The molecule has 0 unspecified atom stereocenters. The van der Waals surface area contributed by atoms with Crippen LogP contribution in [0.15, 0.2) is 10.5 Å². The number of nitrogens with one attached hydrogen (secondary N) is 1. The molecule has 0 aliphatic rings. The maximum atomic E-state index is 13.2. The summed E-state index contributed by atoms with van der Waals surface area (Å²) in [4.78, 5) is 16.2. The quantitative estimate of drug-likeness (QED) is 0.724. The third-order valence-electron chi connectivity index (χ3n) is 3.22. The lowest BCUT2D eigenvalue weighted by atomic mass is 10.3. The van der Waals surface area contributed by atoms with Crippen LogP contribution in [-0.2, 0) is 10.9 Å². The van der Waals surface area contributed by atoms with Gasteiger partial charge in [-0.15, -0.1) is 0 Å². The van der Waals surface area contributed by atoms with Gasteiger partial charge in [0, 0.05) is 18.8 Å². The molecular weight excluding hydrogens is 405 g/mol. The molecule has 0 radical (unpaired) electrons. The van der Waals surface area contributed by atoms with E-state index in [9.17, 15) is 18.0 Å². The molecule has 1 N–H and O–H groups in total. The summed E-state index contributed by atoms with van der Waals surface area (Å²) >= 11 is 3.13. The molecule has 2 aromatic rings. The average Bonchev–Trinajstić information content (AvgIpc) is 2.82. The number of nitrogens with zero attached hydrogens (tertiary/aromatic N) is 3. The zero-order chi connectivity index (χ0) is 18.8. The molecule has 0 aliphatic carbocycles. The number of aryl methyl sites for hydroxylation is 1. The number of carbonyl (C=O) groups is 1. The van der Waals surface area contributed by atoms with E-state index in [1.807, 2.05) is 13.8 Å². The molecule has 1 amide bonds. The van der Waals surface area contributed by atoms with Gasteiger partial charge in [-0.05, 0) is 49.2 Å². The van der Waals surface area contributed by atoms with Gasteiger partial charge in [0.05, 0.1) is 10.6 Å². The summed E-state index contributed by atoms with van der Waals surface area (Å²) in [6, 6.07) is 0.886. The van der Waals surface area contributed by atoms with Crippen molar-refractivity contribution in [1.29, 1.82) is 0 Å². The second kappa shape index (κ2) is 7.69. The summed E-state index contributed by atoms with van der Waals surface area (Å²) in [5, 5.41) is 6.40. The standard InChI is InChI=1S/C15H18BrF3N4O2/c1-8(2)25-6-4-5-20-14(24)12-11(16)13-21-9(3)7-10(15(17,18)19)23(13)22-12/h7-8H,4-6H2,1-3H3,(H,20,24). The molecule has 0 aliphatic heterocycles. The second-order valence-electron chi connectivity index (χ2n) is 5.71. The third kappa shape index (κ3) is 4.69. The number of fused-ring (bicyclic) bond motifs is 1. The highest BCUT2D eigenvalue weighted by Gasteiger charge is 2.36. The van der Waals surface area contributed by atoms with Gasteiger partial charge in [-0.1, -0.05) is 0 Å². The van der Waals surface area contributed by atoms with Crippen molar-refractivity contribution in [2.75, 3.05) is 13.2 Å². The van der Waals surface area contributed by atoms with E-state index >= 15 is 0 Å². The Morgan fingerprint density at radius 1 is 1.44 bits per heavy atom. The summed E-state index contributed by atoms with van der Waals surface area (Å²) < 4.78 is 45.6. The molecule has 2 aromatic heterocycles. The molecule has 0 saturated carbocycles. The number of rotatable bonds is 6. The highest BCUT2D eigenvalue weighted by atomic mass is 79.9. The molecule has 0 fully saturated rings. The van der Waals surface area contributed by atoms with Crippen LogP contribution in [0.3, 0.4) is 0 Å². The van der Waals surface area contributed by atoms with Gasteiger partial charge in [0.15, 0.2) is 11.3 Å². The first kappa shape index (κ1) is 19.6. The van der Waals surface area contributed by atoms with Gasteiger partial charge in [0.1, 0.15) is 5.69 Å². The van der Waals surface area contributed by atoms with Crippen LogP contribution < -0.4 is 5.32 Å². The van der Waals surface area contributed by atoms with Crippen molar-refractivity contribution in [3.05, 3.63) is 27.6 Å². The number of aromatic nitrogens is 3. The summed E-state index contributed by atoms with van der Waals surface area (Å²) in [6.45, 7) is 6.05. The number of carbonyl (C=O) groups excluding carboxylic acids is 1. The van der Waals surface area contributed by atoms with Crippen molar-refractivity contribution in [3.8, 4) is 0 Å². The maximum Gasteiger partial charge on any atom is 0.433 e. The molecule has 0 saturated heterocycles. The van der Waals surface area contributed by atoms with E-state index in [0.717, 1.165) is 6.07 Å². The average molecular weight is 423 g/mol. The molecule has 0 atom stereocenters. The van der Waals surface area contributed by atoms with Crippen LogP contribution >= 0.6 is 15.9 Å². The molecule has 25 heavy (non-hydrogen) atoms. The van der Waals surface area contributed by atoms with Crippen molar-refractivity contribution in [2.24, 2.45) is 0 Å². The molecule has 2 rings (SSSR count). The molecule has 2 heterocycles. The van der Waals surface area contributed by atoms with E-state index in [1.54, 1.807) is 0 Å². The fraction of sp³-hybridized carbons (Fsp3) is 0.533. The smallest absolute Gasteiger partial charge is 0.379 e. The molecule has 0 bridgehead atoms. The minimum absolute atomic E-state index is 0.0550. The predicted octanol–water partition coefficient (Wildman–Crippen LogP) is 3.36. The van der Waals surface area contributed by atoms with Crippen molar-refractivity contribution >= 4 is 27.5 Å². The van der Waals surface area contributed by atoms with Crippen molar-refractivity contribution in [1.82, 2.24) is 19.9 Å². The van der Waals surface area contributed by atoms with Gasteiger partial charge in [-0.25, -0.2) is 9.50 Å². The number of hydrogen-bond acceptors (Lipinski definition) is 4. The third-order valence-corrected chi connectivity index (χ3v) is 3.95. The summed E-state index contributed by atoms with van der Waals surface area (Å²) in [6.07, 6.45) is -3.93. The number of amides is 1. The van der Waals surface area contributed by atoms with Gasteiger partial charge in [0.25, 0.3) is 5.91 Å². The van der Waals surface area contributed by atoms with E-state index in [0.29, 0.717) is 24.1 Å². The minimum Gasteiger partial charge on any atom is -0.379 e. The van der Waals surface area contributed by atoms with Crippen LogP contribution in [0.5, 0.6) is 0 Å². The first-order chi connectivity index (χ1) is 11.6. The zero-order valence-corrected chi connectivity index (χ0v) is 15.5. The maximum absolute atomic E-state index is 13.2. The van der Waals surface area contributed by atoms with E-state index in [1.165, 1.54) is 6.92 Å². The zero-order valence-electron chi connectivity index (χ0n) is 13.9. The highest BCUT2D eigenvalue weighted by molar-refractivity contribution is 9.10. The largest absolute Gasteiger partial charge is 0.433 e. The Balaban J connectivity index is 2.22. The minimum atomic E-state index is -4.61. The Morgan fingerprint density at radius 2 is 2.12 bits per heavy atom. The summed E-state index contributed by atoms with van der Waals surface area (Å²) in [5.74, 6) is -0.576. The van der Waals surface area contributed by atoms with E-state index in [4.69, 9.17) is 4.74 Å². The lowest BCUT2D eigenvalue weighted by Crippen LogP contribution is -2.26. The van der Waals surface area contributed by atoms with E-state index in [2.05, 4.69) is 31.3 Å². The number of hydrogen-bond donors (Lipinski definition) is 1. The lowest BCUT2D eigenvalue weighted by molar-refractivity contribution is -0.142. The summed E-state index contributed by atoms with van der Waals surface area (Å²) in [5.41, 5.74) is -1.01. The Morgan fingerprint density at radius 3 is 2.72 bits per heavy atom. The van der Waals surface area contributed by atoms with Gasteiger partial charge >= 0.3 is 6.18 Å². The monoisotopic (exact) mass is 422 g/mol. The van der Waals surface area contributed by atoms with Crippen LogP contribution in [0.1, 0.15) is 42.1 Å². The second-order valence-corrected chi connectivity index (χ2v) is 6.50. The number of halogens is 4. The first-order valence-corrected chi connectivity index (χ1v) is 8.43. The Bertz CT molecular complexity index is 774. The Hall–Kier alpha value is -1.68. The fourth-order valence-corrected chi connectivity index (χ4v) is 2.65. The van der Waals surface area contributed by atoms with Crippen LogP contribution in [0.2, 0.25) is 0 Å². The molecule has 138 valence electrons. The molecular formula is C15H18BrF3N4O2. The lowest BCUT2D eigenvalue weighted by Gasteiger charge is -2.09. The van der Waals surface area contributed by atoms with Crippen molar-refractivity contribution in [3.63, 3.8) is 0 Å². The number of ether oxygens (including phenoxy) is 1. The Labute approximate surface area is 150 Å². The number of alkyl halides is 3. The van der Waals surface area contributed by atoms with Gasteiger partial charge in [0.2, 0.25) is 0 Å². The predicted molar refractivity (Wildman–Crippen MR) is 88.5 cm³/mol. The van der Waals surface area contributed by atoms with Crippen LogP contribution in [0.25, 0.3) is 5.65 Å². The van der Waals surface area contributed by atoms with E-state index < -0.39 is 17.8 Å². The Kier molecular flexibility index (Phi) is 6.04. The summed E-state index contributed by atoms with van der Waals surface area (Å²) in [7, 11) is 0. The van der Waals surface area contributed by atoms with Crippen molar-refractivity contribution < 1.29 is 22.7 Å². The topological polar surface area (TPSA) is 68.5 Å². The first-order valence-electron chi connectivity index (χ1n) is 7.64.